The van der Waals surface area contributed by atoms with Gasteiger partial charge < -0.3 is 9.84 Å². The third-order valence-electron chi connectivity index (χ3n) is 1.69. The van der Waals surface area contributed by atoms with E-state index in [2.05, 4.69) is 12.1 Å². The molecule has 12 heavy (non-hydrogen) atoms. The Morgan fingerprint density at radius 1 is 1.17 bits per heavy atom. The quantitative estimate of drug-likeness (QED) is 0.531. The van der Waals surface area contributed by atoms with Crippen LogP contribution in [0.2, 0.25) is 0 Å². The minimum absolute atomic E-state index is 0.172. The number of benzene rings is 1. The molecular weight excluding hydrogens is 152 g/mol. The summed E-state index contributed by atoms with van der Waals surface area (Å²) in [6, 6.07) is 10.3. The molecule has 0 aliphatic rings. The molecule has 1 aromatic carbocycles. The van der Waals surface area contributed by atoms with Crippen molar-refractivity contribution < 1.29 is 9.84 Å². The molecule has 1 N–H and O–H groups in total. The van der Waals surface area contributed by atoms with Gasteiger partial charge in [-0.25, -0.2) is 0 Å². The highest BCUT2D eigenvalue weighted by Gasteiger charge is 1.90. The summed E-state index contributed by atoms with van der Waals surface area (Å²) in [6.45, 7) is 0.459. The summed E-state index contributed by atoms with van der Waals surface area (Å²) >= 11 is 0. The van der Waals surface area contributed by atoms with Crippen LogP contribution in [0.5, 0.6) is 0 Å². The van der Waals surface area contributed by atoms with Gasteiger partial charge in [0, 0.05) is 6.61 Å². The molecule has 66 valence electrons. The zero-order valence-corrected chi connectivity index (χ0v) is 7.07. The number of aliphatic hydroxyl groups excluding tert-OH is 1. The van der Waals surface area contributed by atoms with E-state index in [0.717, 1.165) is 12.8 Å². The smallest absolute Gasteiger partial charge is 0.143 e. The van der Waals surface area contributed by atoms with Crippen molar-refractivity contribution in [3.05, 3.63) is 35.9 Å². The standard InChI is InChI=1S/C10H14O2/c11-9-12-8-4-7-10-5-2-1-3-6-10/h1-3,5-6,11H,4,7-9H2. The molecular formula is C10H14O2. The van der Waals surface area contributed by atoms with Gasteiger partial charge >= 0.3 is 0 Å². The van der Waals surface area contributed by atoms with Gasteiger partial charge in [-0.3, -0.25) is 0 Å². The second-order valence-electron chi connectivity index (χ2n) is 2.63. The summed E-state index contributed by atoms with van der Waals surface area (Å²) in [5, 5.41) is 8.34. The van der Waals surface area contributed by atoms with Gasteiger partial charge in [-0.05, 0) is 18.4 Å². The molecule has 0 heterocycles. The summed E-state index contributed by atoms with van der Waals surface area (Å²) in [6.07, 6.45) is 1.98. The number of aryl methyl sites for hydroxylation is 1. The van der Waals surface area contributed by atoms with E-state index in [9.17, 15) is 0 Å². The second-order valence-corrected chi connectivity index (χ2v) is 2.63. The van der Waals surface area contributed by atoms with Gasteiger partial charge in [0.2, 0.25) is 0 Å². The molecule has 0 fully saturated rings. The van der Waals surface area contributed by atoms with Crippen LogP contribution in [0.3, 0.4) is 0 Å². The Morgan fingerprint density at radius 3 is 2.58 bits per heavy atom. The summed E-state index contributed by atoms with van der Waals surface area (Å²) in [5.74, 6) is 0. The first-order valence-corrected chi connectivity index (χ1v) is 4.16. The molecule has 0 amide bonds. The number of rotatable bonds is 5. The SMILES string of the molecule is OCOCCCc1ccccc1. The normalized spacial score (nSPS) is 10.1. The van der Waals surface area contributed by atoms with Crippen LogP contribution in [0.25, 0.3) is 0 Å². The van der Waals surface area contributed by atoms with Crippen LogP contribution in [-0.2, 0) is 11.2 Å². The lowest BCUT2D eigenvalue weighted by Gasteiger charge is -2.00. The molecule has 0 saturated carbocycles. The van der Waals surface area contributed by atoms with Crippen molar-refractivity contribution in [2.75, 3.05) is 13.4 Å². The highest BCUT2D eigenvalue weighted by Crippen LogP contribution is 2.01. The van der Waals surface area contributed by atoms with E-state index in [1.54, 1.807) is 0 Å². The fourth-order valence-corrected chi connectivity index (χ4v) is 1.09. The summed E-state index contributed by atoms with van der Waals surface area (Å²) < 4.78 is 4.81. The van der Waals surface area contributed by atoms with E-state index in [1.165, 1.54) is 5.56 Å². The maximum atomic E-state index is 8.34. The van der Waals surface area contributed by atoms with E-state index >= 15 is 0 Å². The third-order valence-corrected chi connectivity index (χ3v) is 1.69. The zero-order valence-electron chi connectivity index (χ0n) is 7.07. The van der Waals surface area contributed by atoms with Crippen LogP contribution in [0.15, 0.2) is 30.3 Å². The highest BCUT2D eigenvalue weighted by molar-refractivity contribution is 5.14. The van der Waals surface area contributed by atoms with Crippen molar-refractivity contribution in [3.8, 4) is 0 Å². The largest absolute Gasteiger partial charge is 0.371 e. The minimum Gasteiger partial charge on any atom is -0.371 e. The van der Waals surface area contributed by atoms with Crippen molar-refractivity contribution in [1.82, 2.24) is 0 Å². The van der Waals surface area contributed by atoms with E-state index < -0.39 is 0 Å². The van der Waals surface area contributed by atoms with Gasteiger partial charge in [0.1, 0.15) is 6.79 Å². The molecule has 0 aromatic heterocycles. The molecule has 0 spiro atoms. The Kier molecular flexibility index (Phi) is 4.42. The first kappa shape index (κ1) is 9.23. The van der Waals surface area contributed by atoms with Crippen molar-refractivity contribution >= 4 is 0 Å². The first-order valence-electron chi connectivity index (χ1n) is 4.16. The predicted octanol–water partition coefficient (Wildman–Crippen LogP) is 1.59. The fourth-order valence-electron chi connectivity index (χ4n) is 1.09. The van der Waals surface area contributed by atoms with Crippen molar-refractivity contribution in [2.24, 2.45) is 0 Å². The first-order chi connectivity index (χ1) is 5.93. The molecule has 2 nitrogen and oxygen atoms in total. The van der Waals surface area contributed by atoms with Gasteiger partial charge in [0.05, 0.1) is 0 Å². The van der Waals surface area contributed by atoms with Gasteiger partial charge in [-0.2, -0.15) is 0 Å². The number of hydrogen-bond donors (Lipinski definition) is 1. The molecule has 0 aliphatic carbocycles. The average molecular weight is 166 g/mol. The monoisotopic (exact) mass is 166 g/mol. The highest BCUT2D eigenvalue weighted by atomic mass is 16.6. The lowest BCUT2D eigenvalue weighted by molar-refractivity contribution is -0.00209. The van der Waals surface area contributed by atoms with Crippen LogP contribution in [0.1, 0.15) is 12.0 Å². The van der Waals surface area contributed by atoms with Crippen LogP contribution in [0.4, 0.5) is 0 Å². The Balaban J connectivity index is 2.16. The predicted molar refractivity (Wildman–Crippen MR) is 47.8 cm³/mol. The maximum Gasteiger partial charge on any atom is 0.143 e. The van der Waals surface area contributed by atoms with Crippen molar-refractivity contribution in [1.29, 1.82) is 0 Å². The van der Waals surface area contributed by atoms with Crippen LogP contribution in [0, 0.1) is 0 Å². The minimum atomic E-state index is -0.172. The second kappa shape index (κ2) is 5.75. The maximum absolute atomic E-state index is 8.34. The average Bonchev–Trinajstić information content (AvgIpc) is 2.14. The zero-order chi connectivity index (χ0) is 8.65. The molecule has 0 saturated heterocycles. The lowest BCUT2D eigenvalue weighted by Crippen LogP contribution is -1.97. The summed E-state index contributed by atoms with van der Waals surface area (Å²) in [7, 11) is 0. The third kappa shape index (κ3) is 3.51. The van der Waals surface area contributed by atoms with Gasteiger partial charge in [-0.15, -0.1) is 0 Å². The molecule has 0 aliphatic heterocycles. The molecule has 1 rings (SSSR count). The number of hydrogen-bond acceptors (Lipinski definition) is 2. The fraction of sp³-hybridized carbons (Fsp3) is 0.400. The Labute approximate surface area is 72.8 Å². The summed E-state index contributed by atoms with van der Waals surface area (Å²) in [5.41, 5.74) is 1.32. The lowest BCUT2D eigenvalue weighted by atomic mass is 10.1. The van der Waals surface area contributed by atoms with E-state index in [1.807, 2.05) is 18.2 Å². The Bertz CT molecular complexity index is 196. The molecule has 2 heteroatoms. The van der Waals surface area contributed by atoms with Crippen molar-refractivity contribution in [2.45, 2.75) is 12.8 Å². The van der Waals surface area contributed by atoms with Gasteiger partial charge in [-0.1, -0.05) is 30.3 Å². The number of aliphatic hydroxyl groups is 1. The summed E-state index contributed by atoms with van der Waals surface area (Å²) in [4.78, 5) is 0. The molecule has 0 atom stereocenters. The Morgan fingerprint density at radius 2 is 1.92 bits per heavy atom. The molecule has 1 aromatic rings. The van der Waals surface area contributed by atoms with E-state index in [-0.39, 0.29) is 6.79 Å². The van der Waals surface area contributed by atoms with Gasteiger partial charge in [0.25, 0.3) is 0 Å². The van der Waals surface area contributed by atoms with Crippen LogP contribution in [-0.4, -0.2) is 18.5 Å². The van der Waals surface area contributed by atoms with Crippen molar-refractivity contribution in [3.63, 3.8) is 0 Å². The number of ether oxygens (including phenoxy) is 1. The Hall–Kier alpha value is -0.860. The van der Waals surface area contributed by atoms with E-state index in [4.69, 9.17) is 9.84 Å². The molecule has 0 unspecified atom stereocenters. The van der Waals surface area contributed by atoms with Crippen LogP contribution < -0.4 is 0 Å². The van der Waals surface area contributed by atoms with E-state index in [0.29, 0.717) is 6.61 Å². The van der Waals surface area contributed by atoms with Gasteiger partial charge in [0.15, 0.2) is 0 Å². The topological polar surface area (TPSA) is 29.5 Å². The molecule has 0 radical (unpaired) electrons. The van der Waals surface area contributed by atoms with Crippen LogP contribution >= 0.6 is 0 Å². The molecule has 0 bridgehead atoms.